The van der Waals surface area contributed by atoms with E-state index < -0.39 is 46.6 Å². The first-order valence-corrected chi connectivity index (χ1v) is 10.0. The number of carbonyl (C=O) groups excluding carboxylic acids is 2. The van der Waals surface area contributed by atoms with Crippen LogP contribution in [0.1, 0.15) is 0 Å². The minimum Gasteiger partial charge on any atom is -0.477 e. The molecular formula is C16H16N2O6S2. The van der Waals surface area contributed by atoms with Gasteiger partial charge in [-0.05, 0) is 17.7 Å². The Morgan fingerprint density at radius 1 is 1.31 bits per heavy atom. The van der Waals surface area contributed by atoms with E-state index in [1.165, 1.54) is 11.8 Å². The number of carbonyl (C=O) groups is 3. The number of aliphatic hydroxyl groups excluding tert-OH is 1. The van der Waals surface area contributed by atoms with E-state index in [4.69, 9.17) is 0 Å². The molecule has 1 fully saturated rings. The molecule has 2 aliphatic heterocycles. The standard InChI is InChI=1S/C16H16N2O6S2/c19-6-9-7-25-15-12(14(21)18(15)13(9)16(22)23)17-11(20)8-26(24)10-4-2-1-3-5-10/h1-5,12,15,19H,6-8H2,(H,17,20)(H,22,23)/t12?,15-,26?/m1/s1. The molecule has 2 aliphatic rings. The zero-order valence-corrected chi connectivity index (χ0v) is 15.1. The van der Waals surface area contributed by atoms with Crippen LogP contribution in [0.3, 0.4) is 0 Å². The maximum absolute atomic E-state index is 12.3. The van der Waals surface area contributed by atoms with Crippen LogP contribution in [0, 0.1) is 0 Å². The van der Waals surface area contributed by atoms with Gasteiger partial charge in [-0.3, -0.25) is 18.7 Å². The molecule has 1 saturated heterocycles. The molecule has 138 valence electrons. The van der Waals surface area contributed by atoms with Gasteiger partial charge in [0.1, 0.15) is 22.9 Å². The number of aliphatic carboxylic acids is 1. The summed E-state index contributed by atoms with van der Waals surface area (Å²) in [6.45, 7) is -0.446. The number of carboxylic acids is 1. The molecule has 2 unspecified atom stereocenters. The molecule has 1 aromatic carbocycles. The number of carboxylic acid groups (broad SMARTS) is 1. The number of hydrogen-bond acceptors (Lipinski definition) is 6. The van der Waals surface area contributed by atoms with Crippen LogP contribution in [-0.4, -0.2) is 66.6 Å². The number of rotatable bonds is 6. The van der Waals surface area contributed by atoms with Gasteiger partial charge in [0.25, 0.3) is 5.91 Å². The van der Waals surface area contributed by atoms with Gasteiger partial charge in [0, 0.05) is 10.6 Å². The van der Waals surface area contributed by atoms with Crippen LogP contribution in [0.15, 0.2) is 46.5 Å². The van der Waals surface area contributed by atoms with Crippen LogP contribution in [-0.2, 0) is 25.2 Å². The fraction of sp³-hybridized carbons (Fsp3) is 0.312. The Morgan fingerprint density at radius 3 is 2.62 bits per heavy atom. The molecule has 3 N–H and O–H groups in total. The molecule has 0 radical (unpaired) electrons. The summed E-state index contributed by atoms with van der Waals surface area (Å²) in [7, 11) is -1.53. The Hall–Kier alpha value is -2.17. The van der Waals surface area contributed by atoms with Gasteiger partial charge in [0.2, 0.25) is 5.91 Å². The number of nitrogens with one attached hydrogen (secondary N) is 1. The highest BCUT2D eigenvalue weighted by atomic mass is 32.2. The first kappa shape index (κ1) is 18.6. The van der Waals surface area contributed by atoms with Crippen LogP contribution in [0.25, 0.3) is 0 Å². The van der Waals surface area contributed by atoms with Crippen LogP contribution in [0.5, 0.6) is 0 Å². The Labute approximate surface area is 155 Å². The molecule has 2 amide bonds. The van der Waals surface area contributed by atoms with E-state index in [-0.39, 0.29) is 22.8 Å². The van der Waals surface area contributed by atoms with Gasteiger partial charge < -0.3 is 15.5 Å². The van der Waals surface area contributed by atoms with Gasteiger partial charge in [-0.15, -0.1) is 11.8 Å². The molecule has 10 heteroatoms. The van der Waals surface area contributed by atoms with Gasteiger partial charge in [-0.25, -0.2) is 4.79 Å². The predicted molar refractivity (Wildman–Crippen MR) is 94.5 cm³/mol. The van der Waals surface area contributed by atoms with Crippen molar-refractivity contribution in [3.63, 3.8) is 0 Å². The second kappa shape index (κ2) is 7.60. The average Bonchev–Trinajstić information content (AvgIpc) is 2.65. The number of benzene rings is 1. The number of nitrogens with zero attached hydrogens (tertiary/aromatic N) is 1. The number of hydrogen-bond donors (Lipinski definition) is 3. The Balaban J connectivity index is 1.65. The third kappa shape index (κ3) is 3.39. The van der Waals surface area contributed by atoms with Crippen LogP contribution < -0.4 is 5.32 Å². The number of thioether (sulfide) groups is 1. The Bertz CT molecular complexity index is 810. The van der Waals surface area contributed by atoms with Crippen molar-refractivity contribution in [2.45, 2.75) is 16.3 Å². The highest BCUT2D eigenvalue weighted by Crippen LogP contribution is 2.40. The number of β-lactam (4-membered cyclic amide) rings is 1. The molecule has 8 nitrogen and oxygen atoms in total. The maximum Gasteiger partial charge on any atom is 0.352 e. The van der Waals surface area contributed by atoms with E-state index in [1.54, 1.807) is 30.3 Å². The molecule has 0 aromatic heterocycles. The zero-order valence-electron chi connectivity index (χ0n) is 13.5. The lowest BCUT2D eigenvalue weighted by atomic mass is 10.0. The molecule has 0 saturated carbocycles. The molecular weight excluding hydrogens is 380 g/mol. The molecule has 0 aliphatic carbocycles. The van der Waals surface area contributed by atoms with Gasteiger partial charge in [0.05, 0.1) is 17.4 Å². The van der Waals surface area contributed by atoms with Crippen LogP contribution in [0.2, 0.25) is 0 Å². The quantitative estimate of drug-likeness (QED) is 0.555. The third-order valence-electron chi connectivity index (χ3n) is 4.03. The van der Waals surface area contributed by atoms with E-state index in [1.807, 2.05) is 0 Å². The van der Waals surface area contributed by atoms with Crippen molar-refractivity contribution in [1.82, 2.24) is 10.2 Å². The fourth-order valence-corrected chi connectivity index (χ4v) is 5.08. The SMILES string of the molecule is O=C(CS(=O)c1ccccc1)NC1C(=O)N2C(C(=O)O)=C(CO)CS[C@H]12. The first-order chi connectivity index (χ1) is 12.4. The maximum atomic E-state index is 12.3. The second-order valence-corrected chi connectivity index (χ2v) is 8.23. The highest BCUT2D eigenvalue weighted by Gasteiger charge is 2.54. The molecule has 0 spiro atoms. The summed E-state index contributed by atoms with van der Waals surface area (Å²) < 4.78 is 12.2. The van der Waals surface area contributed by atoms with Crippen LogP contribution >= 0.6 is 11.8 Å². The normalized spacial score (nSPS) is 23.1. The molecule has 3 atom stereocenters. The molecule has 26 heavy (non-hydrogen) atoms. The monoisotopic (exact) mass is 396 g/mol. The number of aliphatic hydroxyl groups is 1. The van der Waals surface area contributed by atoms with Gasteiger partial charge in [-0.2, -0.15) is 0 Å². The van der Waals surface area contributed by atoms with E-state index in [9.17, 15) is 28.8 Å². The summed E-state index contributed by atoms with van der Waals surface area (Å²) in [6.07, 6.45) is 0. The molecule has 2 heterocycles. The van der Waals surface area contributed by atoms with Crippen molar-refractivity contribution in [2.75, 3.05) is 18.1 Å². The van der Waals surface area contributed by atoms with Crippen molar-refractivity contribution >= 4 is 40.3 Å². The summed E-state index contributed by atoms with van der Waals surface area (Å²) in [5.74, 6) is -2.41. The topological polar surface area (TPSA) is 124 Å². The zero-order chi connectivity index (χ0) is 18.8. The highest BCUT2D eigenvalue weighted by molar-refractivity contribution is 8.00. The smallest absolute Gasteiger partial charge is 0.352 e. The van der Waals surface area contributed by atoms with Crippen molar-refractivity contribution in [2.24, 2.45) is 0 Å². The molecule has 0 bridgehead atoms. The van der Waals surface area contributed by atoms with E-state index in [2.05, 4.69) is 5.32 Å². The third-order valence-corrected chi connectivity index (χ3v) is 6.69. The van der Waals surface area contributed by atoms with E-state index in [0.29, 0.717) is 4.90 Å². The minimum atomic E-state index is -1.53. The largest absolute Gasteiger partial charge is 0.477 e. The summed E-state index contributed by atoms with van der Waals surface area (Å²) in [5, 5.41) is 20.6. The molecule has 1 aromatic rings. The van der Waals surface area contributed by atoms with Gasteiger partial charge in [-0.1, -0.05) is 18.2 Å². The van der Waals surface area contributed by atoms with Gasteiger partial charge in [0.15, 0.2) is 0 Å². The van der Waals surface area contributed by atoms with E-state index >= 15 is 0 Å². The lowest BCUT2D eigenvalue weighted by Gasteiger charge is -2.49. The summed E-state index contributed by atoms with van der Waals surface area (Å²) in [4.78, 5) is 37.4. The summed E-state index contributed by atoms with van der Waals surface area (Å²) >= 11 is 1.27. The molecule has 3 rings (SSSR count). The van der Waals surface area contributed by atoms with Crippen molar-refractivity contribution in [1.29, 1.82) is 0 Å². The lowest BCUT2D eigenvalue weighted by Crippen LogP contribution is -2.70. The van der Waals surface area contributed by atoms with Crippen LogP contribution in [0.4, 0.5) is 0 Å². The van der Waals surface area contributed by atoms with Gasteiger partial charge >= 0.3 is 5.97 Å². The Morgan fingerprint density at radius 2 is 2.00 bits per heavy atom. The first-order valence-electron chi connectivity index (χ1n) is 7.67. The number of amides is 2. The minimum absolute atomic E-state index is 0.223. The summed E-state index contributed by atoms with van der Waals surface area (Å²) in [5.41, 5.74) is 0.0432. The second-order valence-electron chi connectivity index (χ2n) is 5.67. The fourth-order valence-electron chi connectivity index (χ4n) is 2.79. The lowest BCUT2D eigenvalue weighted by molar-refractivity contribution is -0.150. The average molecular weight is 396 g/mol. The van der Waals surface area contributed by atoms with E-state index in [0.717, 1.165) is 4.90 Å². The Kier molecular flexibility index (Phi) is 5.44. The predicted octanol–water partition coefficient (Wildman–Crippen LogP) is -0.475. The number of fused-ring (bicyclic) bond motifs is 1. The van der Waals surface area contributed by atoms with Crippen molar-refractivity contribution in [3.05, 3.63) is 41.6 Å². The van der Waals surface area contributed by atoms with Crippen molar-refractivity contribution in [3.8, 4) is 0 Å². The summed E-state index contributed by atoms with van der Waals surface area (Å²) in [6, 6.07) is 7.64. The van der Waals surface area contributed by atoms with Crippen molar-refractivity contribution < 1.29 is 28.8 Å².